The molecule has 27 heavy (non-hydrogen) atoms. The Hall–Kier alpha value is -2.44. The first kappa shape index (κ1) is 19.3. The Morgan fingerprint density at radius 1 is 1.26 bits per heavy atom. The van der Waals surface area contributed by atoms with Crippen LogP contribution < -0.4 is 10.1 Å². The molecule has 2 aliphatic rings. The molecule has 1 atom stereocenters. The number of nitrogens with one attached hydrogen (secondary N) is 1. The molecule has 1 N–H and O–H groups in total. The van der Waals surface area contributed by atoms with Gasteiger partial charge in [-0.25, -0.2) is 4.79 Å². The first-order chi connectivity index (χ1) is 12.9. The summed E-state index contributed by atoms with van der Waals surface area (Å²) in [5, 5.41) is 3.45. The standard InChI is InChI=1S/C20H30N4O3/c1-20(2,3)27-19(25)23-11-12-24-16(14-23)13-22-18(24)21-10-9-15-5-7-17(26-4)8-6-15/h5-8,16H,9-14H2,1-4H3,(H,21,22). The molecule has 1 amide bonds. The van der Waals surface area contributed by atoms with E-state index in [0.717, 1.165) is 31.2 Å². The van der Waals surface area contributed by atoms with Gasteiger partial charge in [0.1, 0.15) is 11.4 Å². The smallest absolute Gasteiger partial charge is 0.410 e. The van der Waals surface area contributed by atoms with E-state index in [4.69, 9.17) is 9.47 Å². The third-order valence-electron chi connectivity index (χ3n) is 4.71. The van der Waals surface area contributed by atoms with Crippen LogP contribution in [0.25, 0.3) is 0 Å². The highest BCUT2D eigenvalue weighted by atomic mass is 16.6. The van der Waals surface area contributed by atoms with Crippen LogP contribution in [0, 0.1) is 0 Å². The summed E-state index contributed by atoms with van der Waals surface area (Å²) in [5.74, 6) is 1.81. The Morgan fingerprint density at radius 3 is 2.67 bits per heavy atom. The van der Waals surface area contributed by atoms with E-state index in [2.05, 4.69) is 27.3 Å². The molecule has 0 spiro atoms. The number of benzene rings is 1. The van der Waals surface area contributed by atoms with Crippen molar-refractivity contribution in [3.05, 3.63) is 29.8 Å². The predicted molar refractivity (Wildman–Crippen MR) is 105 cm³/mol. The summed E-state index contributed by atoms with van der Waals surface area (Å²) in [5.41, 5.74) is 0.794. The third-order valence-corrected chi connectivity index (χ3v) is 4.71. The fraction of sp³-hybridized carbons (Fsp3) is 0.600. The maximum absolute atomic E-state index is 12.3. The van der Waals surface area contributed by atoms with E-state index in [1.807, 2.05) is 32.9 Å². The number of piperazine rings is 1. The zero-order valence-electron chi connectivity index (χ0n) is 16.7. The van der Waals surface area contributed by atoms with Gasteiger partial charge in [0, 0.05) is 26.2 Å². The van der Waals surface area contributed by atoms with E-state index in [0.29, 0.717) is 19.6 Å². The van der Waals surface area contributed by atoms with Crippen LogP contribution in [0.4, 0.5) is 4.79 Å². The van der Waals surface area contributed by atoms with Gasteiger partial charge in [-0.3, -0.25) is 4.99 Å². The topological polar surface area (TPSA) is 66.4 Å². The van der Waals surface area contributed by atoms with E-state index in [1.165, 1.54) is 5.56 Å². The highest BCUT2D eigenvalue weighted by molar-refractivity contribution is 5.82. The van der Waals surface area contributed by atoms with Crippen LogP contribution in [0.1, 0.15) is 26.3 Å². The molecular formula is C20H30N4O3. The lowest BCUT2D eigenvalue weighted by Crippen LogP contribution is -2.57. The molecule has 148 valence electrons. The first-order valence-electron chi connectivity index (χ1n) is 9.51. The normalized spacial score (nSPS) is 19.4. The summed E-state index contributed by atoms with van der Waals surface area (Å²) in [6, 6.07) is 8.36. The van der Waals surface area contributed by atoms with E-state index in [-0.39, 0.29) is 12.1 Å². The van der Waals surface area contributed by atoms with E-state index >= 15 is 0 Å². The minimum atomic E-state index is -0.464. The van der Waals surface area contributed by atoms with Gasteiger partial charge in [0.2, 0.25) is 0 Å². The number of guanidine groups is 1. The number of methoxy groups -OCH3 is 1. The van der Waals surface area contributed by atoms with E-state index in [1.54, 1.807) is 12.0 Å². The molecule has 1 saturated heterocycles. The molecule has 0 aromatic heterocycles. The van der Waals surface area contributed by atoms with Crippen molar-refractivity contribution < 1.29 is 14.3 Å². The number of hydrogen-bond acceptors (Lipinski definition) is 6. The van der Waals surface area contributed by atoms with Crippen LogP contribution in [0.15, 0.2) is 29.3 Å². The van der Waals surface area contributed by atoms with Crippen LogP contribution in [0.2, 0.25) is 0 Å². The number of nitrogens with zero attached hydrogens (tertiary/aromatic N) is 3. The van der Waals surface area contributed by atoms with Gasteiger partial charge in [0.15, 0.2) is 5.96 Å². The van der Waals surface area contributed by atoms with Crippen LogP contribution in [-0.2, 0) is 11.2 Å². The van der Waals surface area contributed by atoms with Gasteiger partial charge in [-0.2, -0.15) is 0 Å². The number of aliphatic imine (C=N–C) groups is 1. The van der Waals surface area contributed by atoms with Crippen molar-refractivity contribution in [2.24, 2.45) is 4.99 Å². The second-order valence-corrected chi connectivity index (χ2v) is 7.96. The predicted octanol–water partition coefficient (Wildman–Crippen LogP) is 2.12. The van der Waals surface area contributed by atoms with Gasteiger partial charge in [-0.15, -0.1) is 0 Å². The average Bonchev–Trinajstić information content (AvgIpc) is 3.03. The minimum Gasteiger partial charge on any atom is -0.497 e. The fourth-order valence-corrected chi connectivity index (χ4v) is 3.33. The summed E-state index contributed by atoms with van der Waals surface area (Å²) >= 11 is 0. The summed E-state index contributed by atoms with van der Waals surface area (Å²) in [6.07, 6.45) is 0.689. The molecule has 0 aliphatic carbocycles. The molecule has 1 unspecified atom stereocenters. The van der Waals surface area contributed by atoms with Gasteiger partial charge >= 0.3 is 6.09 Å². The first-order valence-corrected chi connectivity index (χ1v) is 9.51. The number of fused-ring (bicyclic) bond motifs is 1. The number of carbonyl (C=O) groups is 1. The van der Waals surface area contributed by atoms with Gasteiger partial charge in [0.05, 0.1) is 19.7 Å². The molecule has 1 fully saturated rings. The van der Waals surface area contributed by atoms with E-state index in [9.17, 15) is 4.79 Å². The van der Waals surface area contributed by atoms with Crippen molar-refractivity contribution >= 4 is 12.1 Å². The van der Waals surface area contributed by atoms with Crippen LogP contribution in [0.3, 0.4) is 0 Å². The second-order valence-electron chi connectivity index (χ2n) is 7.96. The Morgan fingerprint density at radius 2 is 2.00 bits per heavy atom. The van der Waals surface area contributed by atoms with Gasteiger partial charge in [-0.1, -0.05) is 12.1 Å². The Labute approximate surface area is 161 Å². The molecule has 7 nitrogen and oxygen atoms in total. The minimum absolute atomic E-state index is 0.231. The molecular weight excluding hydrogens is 344 g/mol. The summed E-state index contributed by atoms with van der Waals surface area (Å²) in [4.78, 5) is 21.0. The third kappa shape index (κ3) is 5.05. The summed E-state index contributed by atoms with van der Waals surface area (Å²) in [7, 11) is 1.67. The maximum Gasteiger partial charge on any atom is 0.410 e. The van der Waals surface area contributed by atoms with Crippen molar-refractivity contribution in [1.82, 2.24) is 15.1 Å². The van der Waals surface area contributed by atoms with Gasteiger partial charge in [0.25, 0.3) is 0 Å². The van der Waals surface area contributed by atoms with Crippen molar-refractivity contribution in [1.29, 1.82) is 0 Å². The maximum atomic E-state index is 12.3. The largest absolute Gasteiger partial charge is 0.497 e. The number of ether oxygens (including phenoxy) is 2. The number of rotatable bonds is 4. The summed E-state index contributed by atoms with van der Waals surface area (Å²) in [6.45, 7) is 9.30. The zero-order chi connectivity index (χ0) is 19.4. The van der Waals surface area contributed by atoms with Crippen molar-refractivity contribution in [3.63, 3.8) is 0 Å². The lowest BCUT2D eigenvalue weighted by molar-refractivity contribution is 0.0137. The highest BCUT2D eigenvalue weighted by Crippen LogP contribution is 2.18. The van der Waals surface area contributed by atoms with Gasteiger partial charge < -0.3 is 24.6 Å². The molecule has 7 heteroatoms. The highest BCUT2D eigenvalue weighted by Gasteiger charge is 2.36. The molecule has 0 radical (unpaired) electrons. The zero-order valence-corrected chi connectivity index (χ0v) is 16.7. The van der Waals surface area contributed by atoms with Crippen molar-refractivity contribution in [2.45, 2.75) is 38.8 Å². The molecule has 3 rings (SSSR count). The van der Waals surface area contributed by atoms with Crippen LogP contribution in [0.5, 0.6) is 5.75 Å². The SMILES string of the molecule is COc1ccc(CCNC2=NCC3CN(C(=O)OC(C)(C)C)CCN23)cc1. The van der Waals surface area contributed by atoms with Gasteiger partial charge in [-0.05, 0) is 44.9 Å². The fourth-order valence-electron chi connectivity index (χ4n) is 3.33. The molecule has 1 aromatic rings. The van der Waals surface area contributed by atoms with E-state index < -0.39 is 5.60 Å². The molecule has 0 bridgehead atoms. The van der Waals surface area contributed by atoms with Crippen LogP contribution >= 0.6 is 0 Å². The number of amides is 1. The molecule has 2 aliphatic heterocycles. The monoisotopic (exact) mass is 374 g/mol. The molecule has 1 aromatic carbocycles. The number of carbonyl (C=O) groups excluding carboxylic acids is 1. The summed E-state index contributed by atoms with van der Waals surface area (Å²) < 4.78 is 10.7. The molecule has 2 heterocycles. The van der Waals surface area contributed by atoms with Crippen molar-refractivity contribution in [2.75, 3.05) is 39.8 Å². The quantitative estimate of drug-likeness (QED) is 0.874. The second kappa shape index (κ2) is 8.06. The lowest BCUT2D eigenvalue weighted by atomic mass is 10.1. The van der Waals surface area contributed by atoms with Crippen LogP contribution in [-0.4, -0.2) is 73.3 Å². The number of hydrogen-bond donors (Lipinski definition) is 1. The Balaban J connectivity index is 1.45. The molecule has 0 saturated carbocycles. The lowest BCUT2D eigenvalue weighted by Gasteiger charge is -2.39. The average molecular weight is 374 g/mol. The van der Waals surface area contributed by atoms with Crippen molar-refractivity contribution in [3.8, 4) is 5.75 Å². The Kier molecular flexibility index (Phi) is 5.77. The Bertz CT molecular complexity index is 681.